The van der Waals surface area contributed by atoms with Crippen LogP contribution in [0, 0.1) is 0 Å². The Morgan fingerprint density at radius 1 is 0.962 bits per heavy atom. The first-order valence-corrected chi connectivity index (χ1v) is 9.30. The zero-order valence-electron chi connectivity index (χ0n) is 16.2. The highest BCUT2D eigenvalue weighted by Gasteiger charge is 2.14. The summed E-state index contributed by atoms with van der Waals surface area (Å²) in [5.74, 6) is 1.33. The molecule has 146 valence electrons. The molecule has 26 heavy (non-hydrogen) atoms. The van der Waals surface area contributed by atoms with Gasteiger partial charge in [-0.3, -0.25) is 9.59 Å². The highest BCUT2D eigenvalue weighted by molar-refractivity contribution is 5.77. The fraction of sp³-hybridized carbons (Fsp3) is 0.600. The first-order valence-electron chi connectivity index (χ1n) is 9.30. The van der Waals surface area contributed by atoms with Crippen LogP contribution in [-0.4, -0.2) is 50.2 Å². The number of hydrogen-bond donors (Lipinski definition) is 0. The molecule has 0 unspecified atom stereocenters. The van der Waals surface area contributed by atoms with Crippen molar-refractivity contribution >= 4 is 11.9 Å². The normalized spacial score (nSPS) is 10.3. The van der Waals surface area contributed by atoms with Crippen molar-refractivity contribution in [3.63, 3.8) is 0 Å². The molecule has 0 atom stereocenters. The SMILES string of the molecule is CCCCN(CCC(=O)OCC)C(=O)CCCOc1ccc(OC)cc1. The number of benzene rings is 1. The second kappa shape index (κ2) is 13.0. The lowest BCUT2D eigenvalue weighted by atomic mass is 10.2. The molecule has 0 radical (unpaired) electrons. The van der Waals surface area contributed by atoms with E-state index in [2.05, 4.69) is 6.92 Å². The van der Waals surface area contributed by atoms with Gasteiger partial charge in [0.2, 0.25) is 5.91 Å². The van der Waals surface area contributed by atoms with Crippen molar-refractivity contribution in [2.75, 3.05) is 33.4 Å². The Kier molecular flexibility index (Phi) is 10.9. The Morgan fingerprint density at radius 2 is 1.65 bits per heavy atom. The average Bonchev–Trinajstić information content (AvgIpc) is 2.65. The minimum atomic E-state index is -0.260. The molecular weight excluding hydrogens is 334 g/mol. The molecule has 0 aliphatic heterocycles. The van der Waals surface area contributed by atoms with E-state index in [4.69, 9.17) is 14.2 Å². The first kappa shape index (κ1) is 21.8. The molecule has 0 heterocycles. The molecule has 1 rings (SSSR count). The topological polar surface area (TPSA) is 65.1 Å². The van der Waals surface area contributed by atoms with Crippen molar-refractivity contribution in [2.45, 2.75) is 46.0 Å². The minimum Gasteiger partial charge on any atom is -0.497 e. The van der Waals surface area contributed by atoms with Crippen molar-refractivity contribution in [1.82, 2.24) is 4.90 Å². The molecule has 0 aliphatic rings. The third kappa shape index (κ3) is 8.74. The molecule has 0 aliphatic carbocycles. The summed E-state index contributed by atoms with van der Waals surface area (Å²) in [6, 6.07) is 7.35. The zero-order chi connectivity index (χ0) is 19.2. The van der Waals surface area contributed by atoms with E-state index in [1.807, 2.05) is 24.3 Å². The Bertz CT molecular complexity index is 530. The van der Waals surface area contributed by atoms with Gasteiger partial charge in [-0.25, -0.2) is 0 Å². The van der Waals surface area contributed by atoms with Crippen LogP contribution in [-0.2, 0) is 14.3 Å². The van der Waals surface area contributed by atoms with Gasteiger partial charge in [-0.05, 0) is 44.0 Å². The molecule has 1 aromatic carbocycles. The van der Waals surface area contributed by atoms with Gasteiger partial charge >= 0.3 is 5.97 Å². The number of amides is 1. The van der Waals surface area contributed by atoms with Crippen LogP contribution in [0.5, 0.6) is 11.5 Å². The highest BCUT2D eigenvalue weighted by Crippen LogP contribution is 2.17. The summed E-state index contributed by atoms with van der Waals surface area (Å²) >= 11 is 0. The molecule has 0 saturated heterocycles. The molecule has 1 amide bonds. The Labute approximate surface area is 156 Å². The fourth-order valence-corrected chi connectivity index (χ4v) is 2.41. The number of rotatable bonds is 13. The van der Waals surface area contributed by atoms with Crippen molar-refractivity contribution in [3.8, 4) is 11.5 Å². The van der Waals surface area contributed by atoms with Gasteiger partial charge in [0.25, 0.3) is 0 Å². The number of methoxy groups -OCH3 is 1. The van der Waals surface area contributed by atoms with Crippen LogP contribution in [0.25, 0.3) is 0 Å². The van der Waals surface area contributed by atoms with Crippen molar-refractivity contribution < 1.29 is 23.8 Å². The molecule has 0 bridgehead atoms. The molecule has 0 spiro atoms. The van der Waals surface area contributed by atoms with Crippen LogP contribution in [0.2, 0.25) is 0 Å². The van der Waals surface area contributed by atoms with Gasteiger partial charge in [0, 0.05) is 19.5 Å². The number of carbonyl (C=O) groups excluding carboxylic acids is 2. The second-order valence-electron chi connectivity index (χ2n) is 5.92. The maximum absolute atomic E-state index is 12.4. The van der Waals surface area contributed by atoms with E-state index in [-0.39, 0.29) is 18.3 Å². The van der Waals surface area contributed by atoms with Crippen LogP contribution < -0.4 is 9.47 Å². The van der Waals surface area contributed by atoms with Gasteiger partial charge in [-0.2, -0.15) is 0 Å². The monoisotopic (exact) mass is 365 g/mol. The van der Waals surface area contributed by atoms with Crippen LogP contribution in [0.3, 0.4) is 0 Å². The average molecular weight is 365 g/mol. The summed E-state index contributed by atoms with van der Waals surface area (Å²) in [5.41, 5.74) is 0. The highest BCUT2D eigenvalue weighted by atomic mass is 16.5. The summed E-state index contributed by atoms with van der Waals surface area (Å²) in [6.07, 6.45) is 3.21. The number of hydrogen-bond acceptors (Lipinski definition) is 5. The largest absolute Gasteiger partial charge is 0.497 e. The molecule has 1 aromatic rings. The lowest BCUT2D eigenvalue weighted by Gasteiger charge is -2.22. The summed E-state index contributed by atoms with van der Waals surface area (Å²) < 4.78 is 15.7. The van der Waals surface area contributed by atoms with Crippen molar-refractivity contribution in [3.05, 3.63) is 24.3 Å². The van der Waals surface area contributed by atoms with Gasteiger partial charge in [0.1, 0.15) is 11.5 Å². The predicted molar refractivity (Wildman–Crippen MR) is 100 cm³/mol. The Hall–Kier alpha value is -2.24. The second-order valence-corrected chi connectivity index (χ2v) is 5.92. The number of nitrogens with zero attached hydrogens (tertiary/aromatic N) is 1. The summed E-state index contributed by atoms with van der Waals surface area (Å²) in [5, 5.41) is 0. The van der Waals surface area contributed by atoms with E-state index in [1.165, 1.54) is 0 Å². The minimum absolute atomic E-state index is 0.0566. The van der Waals surface area contributed by atoms with Gasteiger partial charge in [-0.15, -0.1) is 0 Å². The Morgan fingerprint density at radius 3 is 2.27 bits per heavy atom. The third-order valence-corrected chi connectivity index (χ3v) is 3.89. The maximum atomic E-state index is 12.4. The number of esters is 1. The molecule has 6 heteroatoms. The molecule has 0 saturated carbocycles. The lowest BCUT2D eigenvalue weighted by molar-refractivity contribution is -0.144. The fourth-order valence-electron chi connectivity index (χ4n) is 2.41. The molecule has 6 nitrogen and oxygen atoms in total. The van der Waals surface area contributed by atoms with Gasteiger partial charge < -0.3 is 19.1 Å². The van der Waals surface area contributed by atoms with E-state index in [0.29, 0.717) is 39.1 Å². The van der Waals surface area contributed by atoms with Crippen molar-refractivity contribution in [1.29, 1.82) is 0 Å². The molecule has 0 fully saturated rings. The lowest BCUT2D eigenvalue weighted by Crippen LogP contribution is -2.34. The molecule has 0 N–H and O–H groups in total. The van der Waals surface area contributed by atoms with Gasteiger partial charge in [0.05, 0.1) is 26.7 Å². The van der Waals surface area contributed by atoms with Crippen LogP contribution in [0.1, 0.15) is 46.0 Å². The third-order valence-electron chi connectivity index (χ3n) is 3.89. The van der Waals surface area contributed by atoms with Gasteiger partial charge in [-0.1, -0.05) is 13.3 Å². The summed E-state index contributed by atoms with van der Waals surface area (Å²) in [6.45, 7) is 5.78. The predicted octanol–water partition coefficient (Wildman–Crippen LogP) is 3.44. The zero-order valence-corrected chi connectivity index (χ0v) is 16.2. The smallest absolute Gasteiger partial charge is 0.307 e. The van der Waals surface area contributed by atoms with Crippen LogP contribution in [0.15, 0.2) is 24.3 Å². The van der Waals surface area contributed by atoms with Crippen LogP contribution >= 0.6 is 0 Å². The maximum Gasteiger partial charge on any atom is 0.307 e. The van der Waals surface area contributed by atoms with E-state index >= 15 is 0 Å². The standard InChI is InChI=1S/C20H31NO5/c1-4-6-14-21(15-13-20(23)25-5-2)19(22)8-7-16-26-18-11-9-17(24-3)10-12-18/h9-12H,4-8,13-16H2,1-3H3. The number of unbranched alkanes of at least 4 members (excludes halogenated alkanes) is 1. The van der Waals surface area contributed by atoms with Crippen LogP contribution in [0.4, 0.5) is 0 Å². The number of ether oxygens (including phenoxy) is 3. The first-order chi connectivity index (χ1) is 12.6. The van der Waals surface area contributed by atoms with Gasteiger partial charge in [0.15, 0.2) is 0 Å². The van der Waals surface area contributed by atoms with Crippen molar-refractivity contribution in [2.24, 2.45) is 0 Å². The Balaban J connectivity index is 2.35. The summed E-state index contributed by atoms with van der Waals surface area (Å²) in [4.78, 5) is 25.7. The quantitative estimate of drug-likeness (QED) is 0.396. The van der Waals surface area contributed by atoms with E-state index < -0.39 is 0 Å². The summed E-state index contributed by atoms with van der Waals surface area (Å²) in [7, 11) is 1.62. The molecule has 0 aromatic heterocycles. The molecular formula is C20H31NO5. The van der Waals surface area contributed by atoms with E-state index in [1.54, 1.807) is 18.9 Å². The number of carbonyl (C=O) groups is 2. The van der Waals surface area contributed by atoms with E-state index in [0.717, 1.165) is 24.3 Å². The van der Waals surface area contributed by atoms with E-state index in [9.17, 15) is 9.59 Å².